The van der Waals surface area contributed by atoms with Gasteiger partial charge in [0.1, 0.15) is 6.33 Å². The summed E-state index contributed by atoms with van der Waals surface area (Å²) in [6.07, 6.45) is 5.48. The summed E-state index contributed by atoms with van der Waals surface area (Å²) in [4.78, 5) is 26.5. The van der Waals surface area contributed by atoms with E-state index in [0.29, 0.717) is 22.5 Å². The van der Waals surface area contributed by atoms with Crippen molar-refractivity contribution in [2.75, 3.05) is 5.32 Å². The number of nitrogens with zero attached hydrogens (tertiary/aromatic N) is 4. The molecule has 1 fully saturated rings. The minimum atomic E-state index is -2.16. The highest BCUT2D eigenvalue weighted by atomic mass is 28.4. The lowest BCUT2D eigenvalue weighted by Crippen LogP contribution is -2.47. The van der Waals surface area contributed by atoms with Crippen LogP contribution in [0.5, 0.6) is 0 Å². The lowest BCUT2D eigenvalue weighted by molar-refractivity contribution is -0.0322. The van der Waals surface area contributed by atoms with E-state index in [1.807, 2.05) is 22.8 Å². The van der Waals surface area contributed by atoms with Crippen LogP contribution in [0.4, 0.5) is 5.82 Å². The van der Waals surface area contributed by atoms with E-state index in [1.54, 1.807) is 18.5 Å². The number of carbonyl (C=O) groups excluding carboxylic acids is 1. The molecule has 8 nitrogen and oxygen atoms in total. The van der Waals surface area contributed by atoms with E-state index in [0.717, 1.165) is 19.3 Å². The maximum atomic E-state index is 12.9. The third-order valence-corrected chi connectivity index (χ3v) is 13.1. The third-order valence-electron chi connectivity index (χ3n) is 8.64. The van der Waals surface area contributed by atoms with Gasteiger partial charge in [0.2, 0.25) is 0 Å². The first kappa shape index (κ1) is 29.1. The summed E-state index contributed by atoms with van der Waals surface area (Å²) in [6.45, 7) is 13.6. The van der Waals surface area contributed by atoms with Crippen LogP contribution in [0, 0.1) is 5.92 Å². The summed E-state index contributed by atoms with van der Waals surface area (Å²) >= 11 is 0. The van der Waals surface area contributed by atoms with Crippen LogP contribution < -0.4 is 5.32 Å². The molecule has 2 aromatic heterocycles. The van der Waals surface area contributed by atoms with Crippen molar-refractivity contribution < 1.29 is 14.0 Å². The molecule has 0 bridgehead atoms. The molecular formula is C32H41N5O3Si. The number of hydrogen-bond acceptors (Lipinski definition) is 6. The van der Waals surface area contributed by atoms with E-state index in [1.165, 1.54) is 11.9 Å². The normalized spacial score (nSPS) is 21.3. The number of rotatable bonds is 9. The van der Waals surface area contributed by atoms with Crippen LogP contribution in [0.1, 0.15) is 62.7 Å². The molecule has 216 valence electrons. The quantitative estimate of drug-likeness (QED) is 0.217. The lowest BCUT2D eigenvalue weighted by atomic mass is 9.90. The molecule has 1 saturated heterocycles. The fraction of sp³-hybridized carbons (Fsp3) is 0.438. The van der Waals surface area contributed by atoms with Crippen LogP contribution in [0.15, 0.2) is 73.3 Å². The molecule has 0 radical (unpaired) electrons. The molecule has 0 saturated carbocycles. The molecule has 1 amide bonds. The molecule has 1 N–H and O–H groups in total. The zero-order valence-corrected chi connectivity index (χ0v) is 25.9. The number of aromatic nitrogens is 4. The summed E-state index contributed by atoms with van der Waals surface area (Å²) in [5.41, 5.74) is 2.99. The number of nitrogens with one attached hydrogen (secondary N) is 1. The highest BCUT2D eigenvalue weighted by Crippen LogP contribution is 2.46. The van der Waals surface area contributed by atoms with Crippen molar-refractivity contribution in [2.45, 2.75) is 83.5 Å². The topological polar surface area (TPSA) is 91.2 Å². The molecule has 0 aliphatic carbocycles. The van der Waals surface area contributed by atoms with Crippen molar-refractivity contribution in [1.29, 1.82) is 0 Å². The van der Waals surface area contributed by atoms with E-state index in [9.17, 15) is 4.79 Å². The van der Waals surface area contributed by atoms with Gasteiger partial charge in [0.15, 0.2) is 31.5 Å². The predicted molar refractivity (Wildman–Crippen MR) is 164 cm³/mol. The Morgan fingerprint density at radius 1 is 1.02 bits per heavy atom. The number of ether oxygens (including phenoxy) is 1. The first-order chi connectivity index (χ1) is 19.6. The molecule has 41 heavy (non-hydrogen) atoms. The maximum absolute atomic E-state index is 12.9. The number of hydrogen-bond donors (Lipinski definition) is 1. The monoisotopic (exact) mass is 571 g/mol. The van der Waals surface area contributed by atoms with E-state index < -0.39 is 14.5 Å². The Bertz CT molecular complexity index is 1470. The average molecular weight is 572 g/mol. The third kappa shape index (κ3) is 6.12. The average Bonchev–Trinajstić information content (AvgIpc) is 3.53. The first-order valence-corrected chi connectivity index (χ1v) is 17.4. The van der Waals surface area contributed by atoms with Crippen molar-refractivity contribution in [3.05, 3.63) is 84.4 Å². The standard InChI is InChI=1S/C32H41N5O3Si/c1-7-25-24(19-18-22-14-10-8-11-15-22)27(40-41(5,6)32(2,3)4)31(39-25)37-21-35-26-28(33-20-34-29(26)37)36-30(38)23-16-12-9-13-17-23/h8-17,20-21,24-25,27,31H,7,18-19H2,1-6H3,(H,33,34,36,38)/t24-,25+,27?,31+/m0/s1. The number of amides is 1. The van der Waals surface area contributed by atoms with Gasteiger partial charge in [0, 0.05) is 11.5 Å². The zero-order chi connectivity index (χ0) is 29.2. The Labute approximate surface area is 243 Å². The Morgan fingerprint density at radius 2 is 1.71 bits per heavy atom. The van der Waals surface area contributed by atoms with Crippen molar-refractivity contribution in [1.82, 2.24) is 19.5 Å². The van der Waals surface area contributed by atoms with Crippen LogP contribution in [-0.2, 0) is 15.6 Å². The number of benzene rings is 2. The summed E-state index contributed by atoms with van der Waals surface area (Å²) in [7, 11) is -2.16. The molecule has 1 unspecified atom stereocenters. The van der Waals surface area contributed by atoms with Crippen molar-refractivity contribution in [2.24, 2.45) is 5.92 Å². The molecule has 0 spiro atoms. The Kier molecular flexibility index (Phi) is 8.40. The van der Waals surface area contributed by atoms with Crippen LogP contribution in [0.25, 0.3) is 11.2 Å². The largest absolute Gasteiger partial charge is 0.409 e. The van der Waals surface area contributed by atoms with Gasteiger partial charge in [0.25, 0.3) is 5.91 Å². The number of fused-ring (bicyclic) bond motifs is 1. The van der Waals surface area contributed by atoms with Gasteiger partial charge in [-0.3, -0.25) is 9.36 Å². The van der Waals surface area contributed by atoms with Crippen LogP contribution in [-0.4, -0.2) is 46.0 Å². The van der Waals surface area contributed by atoms with Gasteiger partial charge in [0.05, 0.1) is 18.5 Å². The van der Waals surface area contributed by atoms with Crippen molar-refractivity contribution in [3.8, 4) is 0 Å². The number of anilines is 1. The number of imidazole rings is 1. The molecule has 4 atom stereocenters. The molecule has 3 heterocycles. The van der Waals surface area contributed by atoms with Gasteiger partial charge in [-0.2, -0.15) is 0 Å². The Hall–Kier alpha value is -3.40. The SMILES string of the molecule is CC[C@H]1O[C@@H](n2cnc3c(NC(=O)c4ccccc4)ncnc32)C(O[Si](C)(C)C(C)(C)C)[C@H]1CCc1ccccc1. The summed E-state index contributed by atoms with van der Waals surface area (Å²) < 4.78 is 16.0. The summed E-state index contributed by atoms with van der Waals surface area (Å²) in [5, 5.41) is 2.95. The minimum absolute atomic E-state index is 0.0371. The molecule has 5 rings (SSSR count). The van der Waals surface area contributed by atoms with E-state index >= 15 is 0 Å². The molecule has 2 aromatic carbocycles. The fourth-order valence-electron chi connectivity index (χ4n) is 5.29. The van der Waals surface area contributed by atoms with Crippen molar-refractivity contribution in [3.63, 3.8) is 0 Å². The fourth-order valence-corrected chi connectivity index (χ4v) is 6.62. The molecule has 1 aliphatic rings. The summed E-state index contributed by atoms with van der Waals surface area (Å²) in [6, 6.07) is 19.7. The second-order valence-corrected chi connectivity index (χ2v) is 17.1. The first-order valence-electron chi connectivity index (χ1n) is 14.5. The second-order valence-electron chi connectivity index (χ2n) is 12.4. The summed E-state index contributed by atoms with van der Waals surface area (Å²) in [5.74, 6) is 0.328. The highest BCUT2D eigenvalue weighted by molar-refractivity contribution is 6.74. The van der Waals surface area contributed by atoms with Gasteiger partial charge in [-0.25, -0.2) is 15.0 Å². The lowest BCUT2D eigenvalue weighted by Gasteiger charge is -2.41. The van der Waals surface area contributed by atoms with Crippen LogP contribution in [0.2, 0.25) is 18.1 Å². The van der Waals surface area contributed by atoms with Gasteiger partial charge < -0.3 is 14.5 Å². The Morgan fingerprint density at radius 3 is 2.37 bits per heavy atom. The zero-order valence-electron chi connectivity index (χ0n) is 24.9. The number of aryl methyl sites for hydroxylation is 1. The second kappa shape index (κ2) is 11.8. The number of carbonyl (C=O) groups is 1. The molecular weight excluding hydrogens is 530 g/mol. The molecule has 4 aromatic rings. The molecule has 1 aliphatic heterocycles. The highest BCUT2D eigenvalue weighted by Gasteiger charge is 2.50. The van der Waals surface area contributed by atoms with Gasteiger partial charge in [-0.05, 0) is 55.1 Å². The van der Waals surface area contributed by atoms with Crippen LogP contribution in [0.3, 0.4) is 0 Å². The van der Waals surface area contributed by atoms with Crippen molar-refractivity contribution >= 4 is 31.2 Å². The van der Waals surface area contributed by atoms with E-state index in [-0.39, 0.29) is 29.1 Å². The van der Waals surface area contributed by atoms with E-state index in [2.05, 4.69) is 91.4 Å². The Balaban J connectivity index is 1.49. The van der Waals surface area contributed by atoms with Gasteiger partial charge >= 0.3 is 0 Å². The predicted octanol–water partition coefficient (Wildman–Crippen LogP) is 7.03. The van der Waals surface area contributed by atoms with Gasteiger partial charge in [-0.1, -0.05) is 76.2 Å². The minimum Gasteiger partial charge on any atom is -0.409 e. The smallest absolute Gasteiger partial charge is 0.256 e. The van der Waals surface area contributed by atoms with E-state index in [4.69, 9.17) is 9.16 Å². The molecule has 9 heteroatoms. The van der Waals surface area contributed by atoms with Gasteiger partial charge in [-0.15, -0.1) is 0 Å². The maximum Gasteiger partial charge on any atom is 0.256 e. The van der Waals surface area contributed by atoms with Crippen LogP contribution >= 0.6 is 0 Å².